The van der Waals surface area contributed by atoms with Crippen molar-refractivity contribution in [2.75, 3.05) is 0 Å². The van der Waals surface area contributed by atoms with Crippen molar-refractivity contribution in [3.05, 3.63) is 18.0 Å². The molecule has 19 heavy (non-hydrogen) atoms. The van der Waals surface area contributed by atoms with Gasteiger partial charge in [-0.15, -0.1) is 0 Å². The van der Waals surface area contributed by atoms with E-state index in [1.165, 1.54) is 0 Å². The van der Waals surface area contributed by atoms with Crippen LogP contribution in [0.3, 0.4) is 0 Å². The number of hydrogen-bond donors (Lipinski definition) is 3. The molecular formula is C13H19N3O3. The molecule has 1 aliphatic carbocycles. The second kappa shape index (κ2) is 5.86. The topological polar surface area (TPSA) is 95.1 Å². The molecule has 1 saturated carbocycles. The zero-order chi connectivity index (χ0) is 13.8. The Morgan fingerprint density at radius 3 is 2.79 bits per heavy atom. The molecule has 6 nitrogen and oxygen atoms in total. The van der Waals surface area contributed by atoms with Gasteiger partial charge in [-0.05, 0) is 18.8 Å². The van der Waals surface area contributed by atoms with E-state index in [9.17, 15) is 14.7 Å². The van der Waals surface area contributed by atoms with Crippen LogP contribution in [0.1, 0.15) is 31.7 Å². The molecule has 1 aromatic rings. The molecule has 3 atom stereocenters. The van der Waals surface area contributed by atoms with Gasteiger partial charge in [-0.2, -0.15) is 5.10 Å². The van der Waals surface area contributed by atoms with Gasteiger partial charge in [0, 0.05) is 18.3 Å². The van der Waals surface area contributed by atoms with Gasteiger partial charge in [0.2, 0.25) is 5.91 Å². The standard InChI is InChI=1S/C13H19N3O3/c1-2-8-3-10(11(4-8)13(18)19)12(17)14-5-9-6-15-16-7-9/h6-8,10-11H,2-5H2,1H3,(H,14,17)(H,15,16)(H,18,19)/t8?,10-,11+/m0/s1. The van der Waals surface area contributed by atoms with E-state index in [0.29, 0.717) is 25.3 Å². The van der Waals surface area contributed by atoms with Crippen molar-refractivity contribution in [2.45, 2.75) is 32.7 Å². The molecule has 0 bridgehead atoms. The van der Waals surface area contributed by atoms with Crippen LogP contribution in [0.2, 0.25) is 0 Å². The van der Waals surface area contributed by atoms with Gasteiger partial charge in [0.15, 0.2) is 0 Å². The molecule has 2 rings (SSSR count). The SMILES string of the molecule is CCC1C[C@H](C(=O)NCc2cn[nH]c2)[C@H](C(=O)O)C1. The van der Waals surface area contributed by atoms with E-state index in [4.69, 9.17) is 0 Å². The number of amides is 1. The van der Waals surface area contributed by atoms with E-state index in [1.807, 2.05) is 6.92 Å². The first-order valence-electron chi connectivity index (χ1n) is 6.60. The van der Waals surface area contributed by atoms with Gasteiger partial charge in [0.25, 0.3) is 0 Å². The van der Waals surface area contributed by atoms with Crippen molar-refractivity contribution in [3.63, 3.8) is 0 Å². The lowest BCUT2D eigenvalue weighted by molar-refractivity contribution is -0.146. The molecule has 6 heteroatoms. The van der Waals surface area contributed by atoms with Crippen LogP contribution in [0.4, 0.5) is 0 Å². The number of H-pyrrole nitrogens is 1. The van der Waals surface area contributed by atoms with Crippen LogP contribution < -0.4 is 5.32 Å². The van der Waals surface area contributed by atoms with E-state index >= 15 is 0 Å². The highest BCUT2D eigenvalue weighted by Crippen LogP contribution is 2.38. The summed E-state index contributed by atoms with van der Waals surface area (Å²) >= 11 is 0. The first-order chi connectivity index (χ1) is 9.11. The molecule has 0 radical (unpaired) electrons. The van der Waals surface area contributed by atoms with Gasteiger partial charge < -0.3 is 10.4 Å². The van der Waals surface area contributed by atoms with Crippen molar-refractivity contribution in [1.82, 2.24) is 15.5 Å². The first kappa shape index (κ1) is 13.6. The fourth-order valence-corrected chi connectivity index (χ4v) is 2.73. The summed E-state index contributed by atoms with van der Waals surface area (Å²) in [4.78, 5) is 23.3. The third kappa shape index (κ3) is 3.13. The number of carboxylic acids is 1. The summed E-state index contributed by atoms with van der Waals surface area (Å²) in [5, 5.41) is 18.5. The molecule has 1 heterocycles. The maximum atomic E-state index is 12.1. The van der Waals surface area contributed by atoms with Crippen molar-refractivity contribution >= 4 is 11.9 Å². The summed E-state index contributed by atoms with van der Waals surface area (Å²) in [5.41, 5.74) is 0.880. The molecule has 1 aromatic heterocycles. The van der Waals surface area contributed by atoms with Crippen LogP contribution in [0.25, 0.3) is 0 Å². The number of carbonyl (C=O) groups excluding carboxylic acids is 1. The summed E-state index contributed by atoms with van der Waals surface area (Å²) in [6.07, 6.45) is 5.55. The Balaban J connectivity index is 1.94. The second-order valence-electron chi connectivity index (χ2n) is 5.12. The van der Waals surface area contributed by atoms with Crippen LogP contribution in [0, 0.1) is 17.8 Å². The summed E-state index contributed by atoms with van der Waals surface area (Å²) in [6.45, 7) is 2.42. The van der Waals surface area contributed by atoms with Gasteiger partial charge in [-0.25, -0.2) is 0 Å². The molecule has 1 unspecified atom stereocenters. The van der Waals surface area contributed by atoms with Crippen LogP contribution >= 0.6 is 0 Å². The van der Waals surface area contributed by atoms with E-state index in [0.717, 1.165) is 12.0 Å². The highest BCUT2D eigenvalue weighted by Gasteiger charge is 2.41. The molecule has 1 amide bonds. The minimum absolute atomic E-state index is 0.162. The number of hydrogen-bond acceptors (Lipinski definition) is 3. The molecule has 0 spiro atoms. The van der Waals surface area contributed by atoms with Gasteiger partial charge >= 0.3 is 5.97 Å². The summed E-state index contributed by atoms with van der Waals surface area (Å²) < 4.78 is 0. The van der Waals surface area contributed by atoms with E-state index in [1.54, 1.807) is 12.4 Å². The fraction of sp³-hybridized carbons (Fsp3) is 0.615. The Bertz CT molecular complexity index is 444. The van der Waals surface area contributed by atoms with Gasteiger partial charge in [0.05, 0.1) is 18.0 Å². The van der Waals surface area contributed by atoms with Crippen molar-refractivity contribution in [3.8, 4) is 0 Å². The summed E-state index contributed by atoms with van der Waals surface area (Å²) in [7, 11) is 0. The number of aromatic amines is 1. The van der Waals surface area contributed by atoms with Crippen molar-refractivity contribution in [2.24, 2.45) is 17.8 Å². The Morgan fingerprint density at radius 1 is 1.47 bits per heavy atom. The van der Waals surface area contributed by atoms with Gasteiger partial charge in [-0.3, -0.25) is 14.7 Å². The molecule has 0 saturated heterocycles. The lowest BCUT2D eigenvalue weighted by atomic mass is 9.95. The molecule has 3 N–H and O–H groups in total. The predicted molar refractivity (Wildman–Crippen MR) is 68.1 cm³/mol. The number of aromatic nitrogens is 2. The Hall–Kier alpha value is -1.85. The van der Waals surface area contributed by atoms with Crippen LogP contribution in [0.15, 0.2) is 12.4 Å². The lowest BCUT2D eigenvalue weighted by Gasteiger charge is -2.15. The van der Waals surface area contributed by atoms with Crippen LogP contribution in [0.5, 0.6) is 0 Å². The number of aliphatic carboxylic acids is 1. The van der Waals surface area contributed by atoms with Crippen LogP contribution in [-0.2, 0) is 16.1 Å². The summed E-state index contributed by atoms with van der Waals surface area (Å²) in [6, 6.07) is 0. The molecule has 104 valence electrons. The largest absolute Gasteiger partial charge is 0.481 e. The van der Waals surface area contributed by atoms with E-state index in [-0.39, 0.29) is 5.91 Å². The molecule has 1 fully saturated rings. The average molecular weight is 265 g/mol. The number of rotatable bonds is 5. The van der Waals surface area contributed by atoms with Crippen LogP contribution in [-0.4, -0.2) is 27.2 Å². The minimum Gasteiger partial charge on any atom is -0.481 e. The normalized spacial score (nSPS) is 26.3. The minimum atomic E-state index is -0.862. The van der Waals surface area contributed by atoms with Crippen molar-refractivity contribution in [1.29, 1.82) is 0 Å². The van der Waals surface area contributed by atoms with E-state index in [2.05, 4.69) is 15.5 Å². The number of nitrogens with one attached hydrogen (secondary N) is 2. The monoisotopic (exact) mass is 265 g/mol. The second-order valence-corrected chi connectivity index (χ2v) is 5.12. The summed E-state index contributed by atoms with van der Waals surface area (Å²) in [5.74, 6) is -1.64. The fourth-order valence-electron chi connectivity index (χ4n) is 2.73. The number of nitrogens with zero attached hydrogens (tertiary/aromatic N) is 1. The zero-order valence-electron chi connectivity index (χ0n) is 10.9. The Labute approximate surface area is 111 Å². The molecule has 1 aliphatic rings. The quantitative estimate of drug-likeness (QED) is 0.744. The Morgan fingerprint density at radius 2 is 2.21 bits per heavy atom. The highest BCUT2D eigenvalue weighted by molar-refractivity contribution is 5.85. The van der Waals surface area contributed by atoms with Gasteiger partial charge in [0.1, 0.15) is 0 Å². The molecular weight excluding hydrogens is 246 g/mol. The number of carbonyl (C=O) groups is 2. The smallest absolute Gasteiger partial charge is 0.307 e. The zero-order valence-corrected chi connectivity index (χ0v) is 10.9. The molecule has 0 aliphatic heterocycles. The average Bonchev–Trinajstić information content (AvgIpc) is 3.04. The highest BCUT2D eigenvalue weighted by atomic mass is 16.4. The molecule has 0 aromatic carbocycles. The third-order valence-corrected chi connectivity index (χ3v) is 3.91. The third-order valence-electron chi connectivity index (χ3n) is 3.91. The van der Waals surface area contributed by atoms with Gasteiger partial charge in [-0.1, -0.05) is 13.3 Å². The van der Waals surface area contributed by atoms with Crippen molar-refractivity contribution < 1.29 is 14.7 Å². The predicted octanol–water partition coefficient (Wildman–Crippen LogP) is 1.16. The first-order valence-corrected chi connectivity index (χ1v) is 6.60. The maximum absolute atomic E-state index is 12.1. The van der Waals surface area contributed by atoms with E-state index < -0.39 is 17.8 Å². The lowest BCUT2D eigenvalue weighted by Crippen LogP contribution is -2.34. The maximum Gasteiger partial charge on any atom is 0.307 e. The number of carboxylic acid groups (broad SMARTS) is 1. The Kier molecular flexibility index (Phi) is 4.19.